The first-order valence-electron chi connectivity index (χ1n) is 11.8. The van der Waals surface area contributed by atoms with Crippen LogP contribution in [0, 0.1) is 0 Å². The molecule has 0 fully saturated rings. The van der Waals surface area contributed by atoms with Gasteiger partial charge in [0.15, 0.2) is 0 Å². The highest BCUT2D eigenvalue weighted by Gasteiger charge is 2.40. The number of allylic oxidation sites excluding steroid dienone is 1. The lowest BCUT2D eigenvalue weighted by Crippen LogP contribution is -2.46. The van der Waals surface area contributed by atoms with Crippen molar-refractivity contribution in [3.05, 3.63) is 10.3 Å². The van der Waals surface area contributed by atoms with Crippen LogP contribution in [0.25, 0.3) is 0 Å². The summed E-state index contributed by atoms with van der Waals surface area (Å²) < 4.78 is 37.0. The Labute approximate surface area is 202 Å². The Morgan fingerprint density at radius 2 is 0.871 bits per heavy atom. The number of thioether (sulfide) groups is 2. The van der Waals surface area contributed by atoms with Crippen molar-refractivity contribution in [3.63, 3.8) is 0 Å². The quantitative estimate of drug-likeness (QED) is 0.125. The Morgan fingerprint density at radius 3 is 1.10 bits per heavy atom. The SMILES string of the molecule is CC=C(SCCC[Si](OCC)(OCC)OCC)SCCC[Si](OCC)(OCC)OCC. The first kappa shape index (κ1) is 31.6. The fourth-order valence-corrected chi connectivity index (χ4v) is 11.0. The van der Waals surface area contributed by atoms with E-state index in [9.17, 15) is 0 Å². The Kier molecular flexibility index (Phi) is 20.5. The summed E-state index contributed by atoms with van der Waals surface area (Å²) >= 11 is 3.80. The van der Waals surface area contributed by atoms with Crippen molar-refractivity contribution in [1.82, 2.24) is 0 Å². The topological polar surface area (TPSA) is 55.4 Å². The van der Waals surface area contributed by atoms with Crippen molar-refractivity contribution in [2.24, 2.45) is 0 Å². The molecule has 0 aromatic carbocycles. The van der Waals surface area contributed by atoms with Gasteiger partial charge in [-0.05, 0) is 72.8 Å². The van der Waals surface area contributed by atoms with Crippen LogP contribution in [0.2, 0.25) is 12.1 Å². The van der Waals surface area contributed by atoms with Crippen LogP contribution in [0.15, 0.2) is 10.3 Å². The zero-order chi connectivity index (χ0) is 23.4. The van der Waals surface area contributed by atoms with Crippen LogP contribution in [0.4, 0.5) is 0 Å². The van der Waals surface area contributed by atoms with E-state index in [0.29, 0.717) is 39.6 Å². The van der Waals surface area contributed by atoms with Crippen LogP contribution in [0.5, 0.6) is 0 Å². The molecule has 0 aliphatic heterocycles. The van der Waals surface area contributed by atoms with Crippen LogP contribution in [-0.4, -0.2) is 68.8 Å². The third-order valence-corrected chi connectivity index (χ3v) is 13.2. The van der Waals surface area contributed by atoms with Crippen molar-refractivity contribution in [2.45, 2.75) is 73.4 Å². The molecule has 186 valence electrons. The van der Waals surface area contributed by atoms with Crippen molar-refractivity contribution in [1.29, 1.82) is 0 Å². The van der Waals surface area contributed by atoms with Gasteiger partial charge in [-0.1, -0.05) is 6.08 Å². The van der Waals surface area contributed by atoms with E-state index in [0.717, 1.165) is 36.4 Å². The fourth-order valence-electron chi connectivity index (χ4n) is 3.13. The van der Waals surface area contributed by atoms with Crippen molar-refractivity contribution >= 4 is 41.1 Å². The van der Waals surface area contributed by atoms with Gasteiger partial charge in [0.25, 0.3) is 0 Å². The van der Waals surface area contributed by atoms with Crippen LogP contribution in [-0.2, 0) is 26.6 Å². The molecule has 0 aliphatic carbocycles. The largest absolute Gasteiger partial charge is 0.500 e. The van der Waals surface area contributed by atoms with Gasteiger partial charge in [0, 0.05) is 56.0 Å². The minimum absolute atomic E-state index is 0.630. The zero-order valence-corrected chi connectivity index (χ0v) is 24.5. The highest BCUT2D eigenvalue weighted by Crippen LogP contribution is 2.32. The highest BCUT2D eigenvalue weighted by molar-refractivity contribution is 8.22. The molecule has 31 heavy (non-hydrogen) atoms. The van der Waals surface area contributed by atoms with Crippen LogP contribution in [0.3, 0.4) is 0 Å². The molecule has 10 heteroatoms. The Balaban J connectivity index is 4.45. The third-order valence-electron chi connectivity index (χ3n) is 4.16. The molecule has 0 aromatic heterocycles. The number of rotatable bonds is 22. The molecule has 0 radical (unpaired) electrons. The summed E-state index contributed by atoms with van der Waals surface area (Å²) in [6.45, 7) is 17.9. The Morgan fingerprint density at radius 1 is 0.581 bits per heavy atom. The Hall–Kier alpha value is 0.634. The molecule has 0 unspecified atom stereocenters. The molecule has 0 amide bonds. The van der Waals surface area contributed by atoms with E-state index in [1.165, 1.54) is 4.24 Å². The maximum Gasteiger partial charge on any atom is 0.500 e. The number of hydrogen-bond acceptors (Lipinski definition) is 8. The molecule has 0 heterocycles. The summed E-state index contributed by atoms with van der Waals surface area (Å²) in [7, 11) is -5.06. The van der Waals surface area contributed by atoms with Gasteiger partial charge in [0.05, 0.1) is 0 Å². The maximum absolute atomic E-state index is 5.95. The predicted octanol–water partition coefficient (Wildman–Crippen LogP) is 6.19. The number of hydrogen-bond donors (Lipinski definition) is 0. The summed E-state index contributed by atoms with van der Waals surface area (Å²) in [4.78, 5) is 0. The van der Waals surface area contributed by atoms with E-state index in [2.05, 4.69) is 13.0 Å². The predicted molar refractivity (Wildman–Crippen MR) is 139 cm³/mol. The van der Waals surface area contributed by atoms with E-state index in [1.54, 1.807) is 0 Å². The van der Waals surface area contributed by atoms with Gasteiger partial charge in [0.2, 0.25) is 0 Å². The lowest BCUT2D eigenvalue weighted by Gasteiger charge is -2.28. The molecule has 0 saturated heterocycles. The van der Waals surface area contributed by atoms with Gasteiger partial charge in [-0.25, -0.2) is 0 Å². The first-order valence-corrected chi connectivity index (χ1v) is 17.6. The van der Waals surface area contributed by atoms with Crippen LogP contribution < -0.4 is 0 Å². The monoisotopic (exact) mass is 514 g/mol. The lowest BCUT2D eigenvalue weighted by molar-refractivity contribution is 0.0704. The van der Waals surface area contributed by atoms with E-state index in [1.807, 2.05) is 65.1 Å². The zero-order valence-electron chi connectivity index (χ0n) is 20.8. The summed E-state index contributed by atoms with van der Waals surface area (Å²) in [6, 6.07) is 1.73. The normalized spacial score (nSPS) is 12.4. The van der Waals surface area contributed by atoms with Crippen molar-refractivity contribution < 1.29 is 26.6 Å². The maximum atomic E-state index is 5.95. The van der Waals surface area contributed by atoms with E-state index >= 15 is 0 Å². The first-order chi connectivity index (χ1) is 15.0. The molecule has 0 bridgehead atoms. The van der Waals surface area contributed by atoms with Gasteiger partial charge >= 0.3 is 17.6 Å². The summed E-state index contributed by atoms with van der Waals surface area (Å²) in [5, 5.41) is 0. The van der Waals surface area contributed by atoms with Gasteiger partial charge in [-0.3, -0.25) is 0 Å². The summed E-state index contributed by atoms with van der Waals surface area (Å²) in [5.41, 5.74) is 0. The third kappa shape index (κ3) is 13.8. The minimum Gasteiger partial charge on any atom is -0.374 e. The van der Waals surface area contributed by atoms with E-state index < -0.39 is 17.6 Å². The average Bonchev–Trinajstić information content (AvgIpc) is 2.74. The molecular weight excluding hydrogens is 469 g/mol. The molecule has 0 atom stereocenters. The van der Waals surface area contributed by atoms with Gasteiger partial charge in [-0.15, -0.1) is 23.5 Å². The molecule has 0 aromatic rings. The Bertz CT molecular complexity index is 388. The minimum atomic E-state index is -2.53. The van der Waals surface area contributed by atoms with Crippen LogP contribution in [0.1, 0.15) is 61.3 Å². The van der Waals surface area contributed by atoms with E-state index in [4.69, 9.17) is 26.6 Å². The molecular formula is C21H46O6S2Si2. The highest BCUT2D eigenvalue weighted by atomic mass is 32.2. The lowest BCUT2D eigenvalue weighted by atomic mass is 10.6. The van der Waals surface area contributed by atoms with Gasteiger partial charge < -0.3 is 26.6 Å². The second-order valence-corrected chi connectivity index (χ2v) is 14.5. The molecule has 0 rings (SSSR count). The standard InChI is InChI=1S/C21H46O6S2Si2/c1-8-21(28-17-15-19-30(22-9-2,23-10-3)24-11-4)29-18-16-20-31(25-12-5,26-13-6)27-14-7/h8H,9-20H2,1-7H3. The average molecular weight is 515 g/mol. The molecule has 6 nitrogen and oxygen atoms in total. The van der Waals surface area contributed by atoms with Crippen LogP contribution >= 0.6 is 23.5 Å². The van der Waals surface area contributed by atoms with Gasteiger partial charge in [0.1, 0.15) is 0 Å². The molecule has 0 spiro atoms. The molecule has 0 saturated carbocycles. The second-order valence-electron chi connectivity index (χ2n) is 6.48. The molecule has 0 aliphatic rings. The van der Waals surface area contributed by atoms with E-state index in [-0.39, 0.29) is 0 Å². The smallest absolute Gasteiger partial charge is 0.374 e. The molecule has 0 N–H and O–H groups in total. The van der Waals surface area contributed by atoms with Crippen molar-refractivity contribution in [2.75, 3.05) is 51.1 Å². The fraction of sp³-hybridized carbons (Fsp3) is 0.905. The van der Waals surface area contributed by atoms with Gasteiger partial charge in [-0.2, -0.15) is 0 Å². The second kappa shape index (κ2) is 20.0. The summed E-state index contributed by atoms with van der Waals surface area (Å²) in [6.07, 6.45) is 4.24. The summed E-state index contributed by atoms with van der Waals surface area (Å²) in [5.74, 6) is 2.06. The van der Waals surface area contributed by atoms with Crippen molar-refractivity contribution in [3.8, 4) is 0 Å².